The topological polar surface area (TPSA) is 49.3 Å². The number of carboxylic acids is 1. The lowest BCUT2D eigenvalue weighted by atomic mass is 10.2. The van der Waals surface area contributed by atoms with Crippen molar-refractivity contribution >= 4 is 17.3 Å². The summed E-state index contributed by atoms with van der Waals surface area (Å²) in [7, 11) is 0. The van der Waals surface area contributed by atoms with E-state index in [1.165, 1.54) is 4.88 Å². The van der Waals surface area contributed by atoms with E-state index < -0.39 is 5.97 Å². The second-order valence-corrected chi connectivity index (χ2v) is 5.01. The van der Waals surface area contributed by atoms with E-state index in [-0.39, 0.29) is 0 Å². The lowest BCUT2D eigenvalue weighted by Gasteiger charge is -2.11. The summed E-state index contributed by atoms with van der Waals surface area (Å²) >= 11 is 1.75. The number of rotatable bonds is 7. The van der Waals surface area contributed by atoms with Crippen molar-refractivity contribution in [3.05, 3.63) is 34.0 Å². The molecule has 0 fully saturated rings. The Morgan fingerprint density at radius 1 is 1.65 bits per heavy atom. The van der Waals surface area contributed by atoms with Crippen LogP contribution in [-0.4, -0.2) is 23.7 Å². The molecule has 1 aromatic rings. The zero-order valence-corrected chi connectivity index (χ0v) is 11.1. The molecule has 0 amide bonds. The smallest absolute Gasteiger partial charge is 0.331 e. The van der Waals surface area contributed by atoms with Crippen LogP contribution in [0.5, 0.6) is 0 Å². The Kier molecular flexibility index (Phi) is 5.94. The molecule has 0 saturated heterocycles. The molecule has 0 radical (unpaired) electrons. The van der Waals surface area contributed by atoms with Gasteiger partial charge in [0.1, 0.15) is 0 Å². The molecule has 0 aromatic carbocycles. The van der Waals surface area contributed by atoms with E-state index in [9.17, 15) is 4.79 Å². The van der Waals surface area contributed by atoms with Crippen molar-refractivity contribution in [1.29, 1.82) is 0 Å². The molecular weight excluding hydrogens is 234 g/mol. The number of hydrogen-bond acceptors (Lipinski definition) is 3. The third kappa shape index (κ3) is 5.15. The average molecular weight is 253 g/mol. The van der Waals surface area contributed by atoms with Crippen LogP contribution in [0, 0.1) is 0 Å². The number of carboxylic acid groups (broad SMARTS) is 1. The fraction of sp³-hybridized carbons (Fsp3) is 0.462. The Labute approximate surface area is 106 Å². The van der Waals surface area contributed by atoms with Gasteiger partial charge < -0.3 is 10.4 Å². The first-order chi connectivity index (χ1) is 8.13. The molecule has 0 aliphatic carbocycles. The first-order valence-electron chi connectivity index (χ1n) is 5.81. The third-order valence-electron chi connectivity index (χ3n) is 2.56. The van der Waals surface area contributed by atoms with Gasteiger partial charge in [-0.05, 0) is 31.2 Å². The van der Waals surface area contributed by atoms with Gasteiger partial charge in [-0.1, -0.05) is 19.1 Å². The molecule has 0 saturated carbocycles. The Balaban J connectivity index is 2.33. The van der Waals surface area contributed by atoms with Crippen LogP contribution in [0.4, 0.5) is 0 Å². The highest BCUT2D eigenvalue weighted by molar-refractivity contribution is 7.09. The maximum Gasteiger partial charge on any atom is 0.331 e. The van der Waals surface area contributed by atoms with Gasteiger partial charge in [0.2, 0.25) is 0 Å². The van der Waals surface area contributed by atoms with Crippen LogP contribution < -0.4 is 5.32 Å². The predicted octanol–water partition coefficient (Wildman–Crippen LogP) is 2.69. The van der Waals surface area contributed by atoms with Gasteiger partial charge in [-0.15, -0.1) is 11.3 Å². The van der Waals surface area contributed by atoms with E-state index >= 15 is 0 Å². The van der Waals surface area contributed by atoms with Crippen molar-refractivity contribution in [1.82, 2.24) is 5.32 Å². The van der Waals surface area contributed by atoms with E-state index in [1.54, 1.807) is 17.4 Å². The van der Waals surface area contributed by atoms with Crippen molar-refractivity contribution in [2.45, 2.75) is 32.7 Å². The maximum atomic E-state index is 10.8. The molecule has 0 aliphatic heterocycles. The molecule has 1 atom stereocenters. The number of nitrogens with one attached hydrogen (secondary N) is 1. The van der Waals surface area contributed by atoms with Crippen LogP contribution in [0.25, 0.3) is 0 Å². The SMILES string of the molecule is CC/C(=C/CNC(C)Cc1cccs1)C(=O)O. The van der Waals surface area contributed by atoms with Gasteiger partial charge >= 0.3 is 5.97 Å². The normalized spacial score (nSPS) is 13.6. The minimum Gasteiger partial charge on any atom is -0.478 e. The minimum absolute atomic E-state index is 0.358. The van der Waals surface area contributed by atoms with Crippen LogP contribution >= 0.6 is 11.3 Å². The number of hydrogen-bond donors (Lipinski definition) is 2. The van der Waals surface area contributed by atoms with E-state index in [0.717, 1.165) is 6.42 Å². The molecule has 0 bridgehead atoms. The van der Waals surface area contributed by atoms with Gasteiger partial charge in [-0.25, -0.2) is 4.79 Å². The molecular formula is C13H19NO2S. The Hall–Kier alpha value is -1.13. The number of carbonyl (C=O) groups is 1. The summed E-state index contributed by atoms with van der Waals surface area (Å²) in [5.41, 5.74) is 0.473. The highest BCUT2D eigenvalue weighted by Crippen LogP contribution is 2.10. The summed E-state index contributed by atoms with van der Waals surface area (Å²) in [5, 5.41) is 14.2. The molecule has 4 heteroatoms. The third-order valence-corrected chi connectivity index (χ3v) is 3.46. The zero-order chi connectivity index (χ0) is 12.7. The highest BCUT2D eigenvalue weighted by Gasteiger charge is 2.05. The zero-order valence-electron chi connectivity index (χ0n) is 10.3. The van der Waals surface area contributed by atoms with Crippen molar-refractivity contribution < 1.29 is 9.90 Å². The summed E-state index contributed by atoms with van der Waals surface area (Å²) < 4.78 is 0. The van der Waals surface area contributed by atoms with E-state index in [1.807, 2.05) is 13.0 Å². The van der Waals surface area contributed by atoms with Crippen molar-refractivity contribution in [3.63, 3.8) is 0 Å². The van der Waals surface area contributed by atoms with Gasteiger partial charge in [0.25, 0.3) is 0 Å². The highest BCUT2D eigenvalue weighted by atomic mass is 32.1. The minimum atomic E-state index is -0.819. The fourth-order valence-corrected chi connectivity index (χ4v) is 2.40. The van der Waals surface area contributed by atoms with Gasteiger partial charge in [-0.3, -0.25) is 0 Å². The molecule has 2 N–H and O–H groups in total. The summed E-state index contributed by atoms with van der Waals surface area (Å²) in [6.45, 7) is 4.58. The summed E-state index contributed by atoms with van der Waals surface area (Å²) in [5.74, 6) is -0.819. The maximum absolute atomic E-state index is 10.8. The summed E-state index contributed by atoms with van der Waals surface area (Å²) in [4.78, 5) is 12.1. The predicted molar refractivity (Wildman–Crippen MR) is 71.5 cm³/mol. The van der Waals surface area contributed by atoms with Gasteiger partial charge in [0.15, 0.2) is 0 Å². The number of aliphatic carboxylic acids is 1. The first kappa shape index (κ1) is 13.9. The molecule has 1 rings (SSSR count). The monoisotopic (exact) mass is 253 g/mol. The quantitative estimate of drug-likeness (QED) is 0.735. The Morgan fingerprint density at radius 3 is 2.94 bits per heavy atom. The van der Waals surface area contributed by atoms with Gasteiger partial charge in [-0.2, -0.15) is 0 Å². The molecule has 1 aromatic heterocycles. The molecule has 1 unspecified atom stereocenters. The standard InChI is InChI=1S/C13H19NO2S/c1-3-11(13(15)16)6-7-14-10(2)9-12-5-4-8-17-12/h4-6,8,10,14H,3,7,9H2,1-2H3,(H,15,16)/b11-6-. The second kappa shape index (κ2) is 7.25. The molecule has 94 valence electrons. The lowest BCUT2D eigenvalue weighted by Crippen LogP contribution is -2.28. The van der Waals surface area contributed by atoms with Crippen LogP contribution in [0.1, 0.15) is 25.1 Å². The lowest BCUT2D eigenvalue weighted by molar-refractivity contribution is -0.132. The second-order valence-electron chi connectivity index (χ2n) is 3.98. The fourth-order valence-electron chi connectivity index (χ4n) is 1.57. The van der Waals surface area contributed by atoms with Gasteiger partial charge in [0, 0.05) is 23.0 Å². The molecule has 1 heterocycles. The number of thiophene rings is 1. The Bertz CT molecular complexity index is 371. The first-order valence-corrected chi connectivity index (χ1v) is 6.69. The summed E-state index contributed by atoms with van der Waals surface area (Å²) in [6, 6.07) is 4.52. The summed E-state index contributed by atoms with van der Waals surface area (Å²) in [6.07, 6.45) is 3.31. The average Bonchev–Trinajstić information content (AvgIpc) is 2.76. The molecule has 3 nitrogen and oxygen atoms in total. The largest absolute Gasteiger partial charge is 0.478 e. The molecule has 17 heavy (non-hydrogen) atoms. The Morgan fingerprint density at radius 2 is 2.41 bits per heavy atom. The van der Waals surface area contributed by atoms with Crippen LogP contribution in [0.2, 0.25) is 0 Å². The van der Waals surface area contributed by atoms with E-state index in [2.05, 4.69) is 23.7 Å². The van der Waals surface area contributed by atoms with Crippen molar-refractivity contribution in [2.24, 2.45) is 0 Å². The van der Waals surface area contributed by atoms with Crippen molar-refractivity contribution in [3.8, 4) is 0 Å². The van der Waals surface area contributed by atoms with Crippen molar-refractivity contribution in [2.75, 3.05) is 6.54 Å². The van der Waals surface area contributed by atoms with E-state index in [4.69, 9.17) is 5.11 Å². The van der Waals surface area contributed by atoms with Crippen LogP contribution in [0.3, 0.4) is 0 Å². The van der Waals surface area contributed by atoms with Gasteiger partial charge in [0.05, 0.1) is 0 Å². The van der Waals surface area contributed by atoms with Crippen LogP contribution in [0.15, 0.2) is 29.2 Å². The van der Waals surface area contributed by atoms with E-state index in [0.29, 0.717) is 24.6 Å². The van der Waals surface area contributed by atoms with Crippen LogP contribution in [-0.2, 0) is 11.2 Å². The molecule has 0 spiro atoms. The molecule has 0 aliphatic rings.